The van der Waals surface area contributed by atoms with Crippen molar-refractivity contribution in [3.63, 3.8) is 0 Å². The lowest BCUT2D eigenvalue weighted by molar-refractivity contribution is -0.118. The number of hydrogen-bond donors (Lipinski definition) is 2. The minimum Gasteiger partial charge on any atom is -0.494 e. The summed E-state index contributed by atoms with van der Waals surface area (Å²) in [6.07, 6.45) is 0. The molecule has 2 N–H and O–H groups in total. The highest BCUT2D eigenvalue weighted by Gasteiger charge is 2.25. The molecule has 0 unspecified atom stereocenters. The van der Waals surface area contributed by atoms with Crippen molar-refractivity contribution in [2.45, 2.75) is 26.8 Å². The van der Waals surface area contributed by atoms with Gasteiger partial charge in [-0.3, -0.25) is 9.59 Å². The van der Waals surface area contributed by atoms with E-state index in [1.807, 2.05) is 32.2 Å². The van der Waals surface area contributed by atoms with E-state index in [1.165, 1.54) is 11.3 Å². The summed E-state index contributed by atoms with van der Waals surface area (Å²) < 4.78 is 5.38. The van der Waals surface area contributed by atoms with Gasteiger partial charge in [0.05, 0.1) is 11.5 Å². The van der Waals surface area contributed by atoms with Gasteiger partial charge < -0.3 is 15.4 Å². The number of carbonyl (C=O) groups is 2. The first-order valence-corrected chi connectivity index (χ1v) is 8.77. The second-order valence-corrected chi connectivity index (χ2v) is 6.57. The van der Waals surface area contributed by atoms with Gasteiger partial charge in [-0.25, -0.2) is 0 Å². The van der Waals surface area contributed by atoms with Crippen LogP contribution in [0.15, 0.2) is 41.8 Å². The Labute approximate surface area is 146 Å². The van der Waals surface area contributed by atoms with E-state index >= 15 is 0 Å². The predicted octanol–water partition coefficient (Wildman–Crippen LogP) is 3.54. The first-order valence-electron chi connectivity index (χ1n) is 7.89. The third kappa shape index (κ3) is 4.83. The van der Waals surface area contributed by atoms with Crippen LogP contribution in [0.25, 0.3) is 0 Å². The molecular weight excluding hydrogens is 324 g/mol. The fraction of sp³-hybridized carbons (Fsp3) is 0.333. The van der Waals surface area contributed by atoms with Crippen LogP contribution in [0.1, 0.15) is 30.4 Å². The molecule has 0 saturated carbocycles. The minimum atomic E-state index is -0.605. The smallest absolute Gasteiger partial charge is 0.262 e. The van der Waals surface area contributed by atoms with Crippen LogP contribution in [0.4, 0.5) is 5.69 Å². The quantitative estimate of drug-likeness (QED) is 0.806. The summed E-state index contributed by atoms with van der Waals surface area (Å²) in [5, 5.41) is 7.48. The summed E-state index contributed by atoms with van der Waals surface area (Å²) in [4.78, 5) is 25.3. The third-order valence-electron chi connectivity index (χ3n) is 3.41. The van der Waals surface area contributed by atoms with Gasteiger partial charge in [0.1, 0.15) is 11.8 Å². The average molecular weight is 346 g/mol. The fourth-order valence-electron chi connectivity index (χ4n) is 2.18. The zero-order valence-electron chi connectivity index (χ0n) is 14.0. The maximum absolute atomic E-state index is 12.5. The van der Waals surface area contributed by atoms with Crippen molar-refractivity contribution < 1.29 is 14.3 Å². The van der Waals surface area contributed by atoms with Gasteiger partial charge in [0.2, 0.25) is 5.91 Å². The molecule has 2 amide bonds. The van der Waals surface area contributed by atoms with E-state index in [4.69, 9.17) is 4.74 Å². The van der Waals surface area contributed by atoms with Crippen LogP contribution in [-0.4, -0.2) is 24.5 Å². The molecule has 2 rings (SSSR count). The maximum Gasteiger partial charge on any atom is 0.262 e. The highest BCUT2D eigenvalue weighted by atomic mass is 32.1. The van der Waals surface area contributed by atoms with Crippen molar-refractivity contribution in [2.75, 3.05) is 11.9 Å². The molecule has 1 heterocycles. The van der Waals surface area contributed by atoms with Crippen LogP contribution in [0.3, 0.4) is 0 Å². The Hall–Kier alpha value is -2.34. The largest absolute Gasteiger partial charge is 0.494 e. The molecule has 128 valence electrons. The van der Waals surface area contributed by atoms with E-state index in [0.717, 1.165) is 5.75 Å². The number of anilines is 1. The highest BCUT2D eigenvalue weighted by Crippen LogP contribution is 2.17. The molecule has 0 radical (unpaired) electrons. The first-order chi connectivity index (χ1) is 11.5. The molecule has 0 bridgehead atoms. The number of ether oxygens (including phenoxy) is 1. The summed E-state index contributed by atoms with van der Waals surface area (Å²) in [6.45, 7) is 6.31. The summed E-state index contributed by atoms with van der Waals surface area (Å²) in [7, 11) is 0. The molecule has 0 spiro atoms. The molecular formula is C18H22N2O3S. The van der Waals surface area contributed by atoms with Gasteiger partial charge in [-0.1, -0.05) is 19.9 Å². The molecule has 0 saturated heterocycles. The van der Waals surface area contributed by atoms with Crippen molar-refractivity contribution in [3.05, 3.63) is 46.7 Å². The molecule has 1 aromatic carbocycles. The summed E-state index contributed by atoms with van der Waals surface area (Å²) in [6, 6.07) is 10.1. The van der Waals surface area contributed by atoms with Crippen molar-refractivity contribution >= 4 is 28.8 Å². The normalized spacial score (nSPS) is 11.8. The van der Waals surface area contributed by atoms with Crippen molar-refractivity contribution in [1.82, 2.24) is 5.32 Å². The number of amides is 2. The van der Waals surface area contributed by atoms with Gasteiger partial charge >= 0.3 is 0 Å². The zero-order valence-corrected chi connectivity index (χ0v) is 14.9. The summed E-state index contributed by atoms with van der Waals surface area (Å²) in [5.41, 5.74) is 0.666. The van der Waals surface area contributed by atoms with Crippen molar-refractivity contribution in [3.8, 4) is 5.75 Å². The highest BCUT2D eigenvalue weighted by molar-refractivity contribution is 7.12. The van der Waals surface area contributed by atoms with Gasteiger partial charge in [0.25, 0.3) is 5.91 Å². The second-order valence-electron chi connectivity index (χ2n) is 5.62. The first kappa shape index (κ1) is 18.0. The maximum atomic E-state index is 12.5. The van der Waals surface area contributed by atoms with Crippen LogP contribution in [0, 0.1) is 5.92 Å². The van der Waals surface area contributed by atoms with Crippen LogP contribution in [0.5, 0.6) is 5.75 Å². The van der Waals surface area contributed by atoms with E-state index in [1.54, 1.807) is 30.3 Å². The topological polar surface area (TPSA) is 67.4 Å². The van der Waals surface area contributed by atoms with E-state index in [9.17, 15) is 9.59 Å². The zero-order chi connectivity index (χ0) is 17.5. The van der Waals surface area contributed by atoms with E-state index in [-0.39, 0.29) is 17.7 Å². The lowest BCUT2D eigenvalue weighted by atomic mass is 10.0. The number of benzene rings is 1. The lowest BCUT2D eigenvalue weighted by Crippen LogP contribution is -2.46. The Kier molecular flexibility index (Phi) is 6.37. The predicted molar refractivity (Wildman–Crippen MR) is 96.7 cm³/mol. The molecule has 2 aromatic rings. The molecule has 5 nitrogen and oxygen atoms in total. The molecule has 0 aliphatic heterocycles. The number of carbonyl (C=O) groups excluding carboxylic acids is 2. The average Bonchev–Trinajstić information content (AvgIpc) is 3.08. The number of rotatable bonds is 7. The molecule has 1 aromatic heterocycles. The van der Waals surface area contributed by atoms with E-state index in [0.29, 0.717) is 17.2 Å². The Morgan fingerprint density at radius 3 is 2.42 bits per heavy atom. The molecule has 24 heavy (non-hydrogen) atoms. The molecule has 1 atom stereocenters. The Morgan fingerprint density at radius 2 is 1.88 bits per heavy atom. The van der Waals surface area contributed by atoms with E-state index < -0.39 is 6.04 Å². The molecule has 0 aliphatic rings. The number of nitrogens with one attached hydrogen (secondary N) is 2. The molecule has 6 heteroatoms. The van der Waals surface area contributed by atoms with Gasteiger partial charge in [0.15, 0.2) is 0 Å². The Balaban J connectivity index is 2.02. The summed E-state index contributed by atoms with van der Waals surface area (Å²) >= 11 is 1.35. The summed E-state index contributed by atoms with van der Waals surface area (Å²) in [5.74, 6) is 0.253. The van der Waals surface area contributed by atoms with Gasteiger partial charge in [-0.05, 0) is 48.6 Å². The Morgan fingerprint density at radius 1 is 1.17 bits per heavy atom. The van der Waals surface area contributed by atoms with Crippen molar-refractivity contribution in [2.24, 2.45) is 5.92 Å². The fourth-order valence-corrected chi connectivity index (χ4v) is 2.80. The van der Waals surface area contributed by atoms with Gasteiger partial charge in [0, 0.05) is 5.69 Å². The standard InChI is InChI=1S/C18H22N2O3S/c1-4-23-14-9-7-13(8-10-14)19-18(22)16(12(2)3)20-17(21)15-6-5-11-24-15/h5-12,16H,4H2,1-3H3,(H,19,22)(H,20,21)/t16-/m1/s1. The monoisotopic (exact) mass is 346 g/mol. The SMILES string of the molecule is CCOc1ccc(NC(=O)[C@H](NC(=O)c2cccs2)C(C)C)cc1. The number of thiophene rings is 1. The van der Waals surface area contributed by atoms with Crippen LogP contribution in [-0.2, 0) is 4.79 Å². The van der Waals surface area contributed by atoms with Crippen LogP contribution >= 0.6 is 11.3 Å². The molecule has 0 fully saturated rings. The Bertz CT molecular complexity index is 666. The van der Waals surface area contributed by atoms with Crippen LogP contribution < -0.4 is 15.4 Å². The minimum absolute atomic E-state index is 0.0309. The van der Waals surface area contributed by atoms with Crippen LogP contribution in [0.2, 0.25) is 0 Å². The number of hydrogen-bond acceptors (Lipinski definition) is 4. The molecule has 0 aliphatic carbocycles. The van der Waals surface area contributed by atoms with E-state index in [2.05, 4.69) is 10.6 Å². The third-order valence-corrected chi connectivity index (χ3v) is 4.28. The second kappa shape index (κ2) is 8.49. The van der Waals surface area contributed by atoms with Crippen molar-refractivity contribution in [1.29, 1.82) is 0 Å². The van der Waals surface area contributed by atoms with Gasteiger partial charge in [-0.15, -0.1) is 11.3 Å². The lowest BCUT2D eigenvalue weighted by Gasteiger charge is -2.21. The van der Waals surface area contributed by atoms with Gasteiger partial charge in [-0.2, -0.15) is 0 Å².